The van der Waals surface area contributed by atoms with Crippen LogP contribution in [0.25, 0.3) is 0 Å². The molecule has 0 radical (unpaired) electrons. The summed E-state index contributed by atoms with van der Waals surface area (Å²) >= 11 is 5.14. The molecule has 104 valence electrons. The molecule has 0 bridgehead atoms. The third-order valence-electron chi connectivity index (χ3n) is 3.38. The molecule has 0 aliphatic carbocycles. The number of hydrogen-bond donors (Lipinski definition) is 2. The van der Waals surface area contributed by atoms with E-state index < -0.39 is 0 Å². The molecule has 2 aromatic carbocycles. The van der Waals surface area contributed by atoms with E-state index in [1.54, 1.807) is 0 Å². The molecule has 2 nitrogen and oxygen atoms in total. The number of rotatable bonds is 5. The molecule has 2 rings (SSSR count). The molecule has 2 aromatic rings. The summed E-state index contributed by atoms with van der Waals surface area (Å²) in [5.41, 5.74) is 10.2. The molecule has 0 aliphatic rings. The highest BCUT2D eigenvalue weighted by molar-refractivity contribution is 7.80. The van der Waals surface area contributed by atoms with Gasteiger partial charge in [0.15, 0.2) is 0 Å². The van der Waals surface area contributed by atoms with Gasteiger partial charge >= 0.3 is 0 Å². The summed E-state index contributed by atoms with van der Waals surface area (Å²) < 4.78 is 0. The first-order chi connectivity index (χ1) is 9.61. The fraction of sp³-hybridized carbons (Fsp3) is 0.235. The third-order valence-corrected chi connectivity index (χ3v) is 3.60. The lowest BCUT2D eigenvalue weighted by Gasteiger charge is -2.21. The first-order valence-electron chi connectivity index (χ1n) is 6.83. The Balaban J connectivity index is 2.32. The number of benzene rings is 2. The molecular weight excluding hydrogens is 264 g/mol. The lowest BCUT2D eigenvalue weighted by Crippen LogP contribution is -2.16. The molecule has 20 heavy (non-hydrogen) atoms. The van der Waals surface area contributed by atoms with Crippen LogP contribution in [0.3, 0.4) is 0 Å². The number of thiocarbonyl (C=S) groups is 1. The molecule has 0 spiro atoms. The van der Waals surface area contributed by atoms with Crippen LogP contribution in [-0.4, -0.2) is 4.99 Å². The summed E-state index contributed by atoms with van der Waals surface area (Å²) in [5.74, 6) is 0. The van der Waals surface area contributed by atoms with Crippen molar-refractivity contribution in [1.82, 2.24) is 0 Å². The normalized spacial score (nSPS) is 11.9. The lowest BCUT2D eigenvalue weighted by molar-refractivity contribution is 0.749. The lowest BCUT2D eigenvalue weighted by atomic mass is 10.0. The first kappa shape index (κ1) is 14.5. The molecule has 3 heteroatoms. The Morgan fingerprint density at radius 3 is 2.50 bits per heavy atom. The van der Waals surface area contributed by atoms with Crippen molar-refractivity contribution in [3.63, 3.8) is 0 Å². The Morgan fingerprint density at radius 2 is 1.90 bits per heavy atom. The van der Waals surface area contributed by atoms with Crippen molar-refractivity contribution in [2.24, 2.45) is 5.73 Å². The van der Waals surface area contributed by atoms with E-state index in [2.05, 4.69) is 49.5 Å². The smallest absolute Gasteiger partial charge is 0.106 e. The van der Waals surface area contributed by atoms with Gasteiger partial charge in [-0.25, -0.2) is 0 Å². The molecule has 1 unspecified atom stereocenters. The van der Waals surface area contributed by atoms with Crippen LogP contribution >= 0.6 is 12.2 Å². The van der Waals surface area contributed by atoms with Crippen molar-refractivity contribution in [3.8, 4) is 0 Å². The SMILES string of the molecule is CCC(Nc1cc(C)ccc1C(N)=S)c1ccccc1. The van der Waals surface area contributed by atoms with Crippen LogP contribution in [0.15, 0.2) is 48.5 Å². The highest BCUT2D eigenvalue weighted by atomic mass is 32.1. The van der Waals surface area contributed by atoms with Crippen LogP contribution < -0.4 is 11.1 Å². The Kier molecular flexibility index (Phi) is 4.74. The second-order valence-electron chi connectivity index (χ2n) is 4.93. The van der Waals surface area contributed by atoms with E-state index in [1.165, 1.54) is 11.1 Å². The van der Waals surface area contributed by atoms with Gasteiger partial charge in [0, 0.05) is 11.3 Å². The second-order valence-corrected chi connectivity index (χ2v) is 5.37. The number of nitrogens with two attached hydrogens (primary N) is 1. The van der Waals surface area contributed by atoms with Gasteiger partial charge in [-0.3, -0.25) is 0 Å². The maximum absolute atomic E-state index is 5.81. The quantitative estimate of drug-likeness (QED) is 0.808. The standard InChI is InChI=1S/C17H20N2S/c1-3-15(13-7-5-4-6-8-13)19-16-11-12(2)9-10-14(16)17(18)20/h4-11,15,19H,3H2,1-2H3,(H2,18,20). The van der Waals surface area contributed by atoms with E-state index in [4.69, 9.17) is 18.0 Å². The number of hydrogen-bond acceptors (Lipinski definition) is 2. The molecular formula is C17H20N2S. The minimum Gasteiger partial charge on any atom is -0.389 e. The minimum absolute atomic E-state index is 0.256. The Hall–Kier alpha value is -1.87. The van der Waals surface area contributed by atoms with Gasteiger partial charge in [0.2, 0.25) is 0 Å². The van der Waals surface area contributed by atoms with Gasteiger partial charge in [-0.2, -0.15) is 0 Å². The van der Waals surface area contributed by atoms with Crippen molar-refractivity contribution in [3.05, 3.63) is 65.2 Å². The van der Waals surface area contributed by atoms with Gasteiger partial charge < -0.3 is 11.1 Å². The van der Waals surface area contributed by atoms with Crippen molar-refractivity contribution in [1.29, 1.82) is 0 Å². The zero-order valence-corrected chi connectivity index (χ0v) is 12.7. The predicted molar refractivity (Wildman–Crippen MR) is 90.2 cm³/mol. The van der Waals surface area contributed by atoms with Crippen LogP contribution in [0.4, 0.5) is 5.69 Å². The van der Waals surface area contributed by atoms with Crippen molar-refractivity contribution >= 4 is 22.9 Å². The van der Waals surface area contributed by atoms with Gasteiger partial charge in [-0.05, 0) is 36.6 Å². The number of aryl methyl sites for hydroxylation is 1. The average molecular weight is 284 g/mol. The fourth-order valence-corrected chi connectivity index (χ4v) is 2.46. The van der Waals surface area contributed by atoms with Gasteiger partial charge in [0.05, 0.1) is 6.04 Å². The average Bonchev–Trinajstić information content (AvgIpc) is 2.45. The van der Waals surface area contributed by atoms with Crippen LogP contribution in [-0.2, 0) is 0 Å². The molecule has 0 amide bonds. The van der Waals surface area contributed by atoms with Gasteiger partial charge in [0.25, 0.3) is 0 Å². The first-order valence-corrected chi connectivity index (χ1v) is 7.24. The Morgan fingerprint density at radius 1 is 1.20 bits per heavy atom. The number of anilines is 1. The molecule has 3 N–H and O–H groups in total. The molecule has 0 heterocycles. The summed E-state index contributed by atoms with van der Waals surface area (Å²) in [6, 6.07) is 16.8. The van der Waals surface area contributed by atoms with Crippen molar-refractivity contribution in [2.45, 2.75) is 26.3 Å². The zero-order valence-electron chi connectivity index (χ0n) is 11.9. The predicted octanol–water partition coefficient (Wildman–Crippen LogP) is 4.19. The molecule has 0 fully saturated rings. The highest BCUT2D eigenvalue weighted by Gasteiger charge is 2.12. The Bertz CT molecular complexity index is 593. The van der Waals surface area contributed by atoms with Crippen LogP contribution in [0.2, 0.25) is 0 Å². The van der Waals surface area contributed by atoms with Crippen LogP contribution in [0.5, 0.6) is 0 Å². The molecule has 0 aromatic heterocycles. The van der Waals surface area contributed by atoms with E-state index in [1.807, 2.05) is 18.2 Å². The third kappa shape index (κ3) is 3.36. The van der Waals surface area contributed by atoms with Gasteiger partial charge in [-0.1, -0.05) is 55.5 Å². The molecule has 0 saturated carbocycles. The van der Waals surface area contributed by atoms with E-state index in [-0.39, 0.29) is 6.04 Å². The van der Waals surface area contributed by atoms with Gasteiger partial charge in [-0.15, -0.1) is 0 Å². The van der Waals surface area contributed by atoms with E-state index in [0.29, 0.717) is 4.99 Å². The summed E-state index contributed by atoms with van der Waals surface area (Å²) in [7, 11) is 0. The monoisotopic (exact) mass is 284 g/mol. The van der Waals surface area contributed by atoms with Crippen LogP contribution in [0.1, 0.15) is 36.1 Å². The second kappa shape index (κ2) is 6.53. The maximum Gasteiger partial charge on any atom is 0.106 e. The summed E-state index contributed by atoms with van der Waals surface area (Å²) in [4.78, 5) is 0.426. The van der Waals surface area contributed by atoms with E-state index >= 15 is 0 Å². The van der Waals surface area contributed by atoms with Crippen molar-refractivity contribution < 1.29 is 0 Å². The van der Waals surface area contributed by atoms with Crippen LogP contribution in [0, 0.1) is 6.92 Å². The highest BCUT2D eigenvalue weighted by Crippen LogP contribution is 2.26. The van der Waals surface area contributed by atoms with Gasteiger partial charge in [0.1, 0.15) is 4.99 Å². The summed E-state index contributed by atoms with van der Waals surface area (Å²) in [5, 5.41) is 3.57. The van der Waals surface area contributed by atoms with Crippen molar-refractivity contribution in [2.75, 3.05) is 5.32 Å². The van der Waals surface area contributed by atoms with E-state index in [0.717, 1.165) is 17.7 Å². The molecule has 0 saturated heterocycles. The summed E-state index contributed by atoms with van der Waals surface area (Å²) in [6.07, 6.45) is 0.995. The topological polar surface area (TPSA) is 38.0 Å². The Labute approximate surface area is 126 Å². The number of nitrogens with one attached hydrogen (secondary N) is 1. The fourth-order valence-electron chi connectivity index (χ4n) is 2.29. The maximum atomic E-state index is 5.81. The molecule has 0 aliphatic heterocycles. The molecule has 1 atom stereocenters. The minimum atomic E-state index is 0.256. The van der Waals surface area contributed by atoms with E-state index in [9.17, 15) is 0 Å². The zero-order chi connectivity index (χ0) is 14.5. The largest absolute Gasteiger partial charge is 0.389 e. The summed E-state index contributed by atoms with van der Waals surface area (Å²) in [6.45, 7) is 4.24.